The molecule has 0 bridgehead atoms. The lowest BCUT2D eigenvalue weighted by molar-refractivity contribution is -0.113. The van der Waals surface area contributed by atoms with Crippen LogP contribution in [0.1, 0.15) is 84.6 Å². The van der Waals surface area contributed by atoms with Gasteiger partial charge in [-0.1, -0.05) is 69.7 Å². The predicted molar refractivity (Wildman–Crippen MR) is 132 cm³/mol. The van der Waals surface area contributed by atoms with E-state index < -0.39 is 11.6 Å². The Hall–Kier alpha value is -3.54. The summed E-state index contributed by atoms with van der Waals surface area (Å²) >= 11 is 0. The number of rotatable bonds is 10. The van der Waals surface area contributed by atoms with Gasteiger partial charge >= 0.3 is 5.97 Å². The first-order valence-electron chi connectivity index (χ1n) is 11.8. The molecule has 0 spiro atoms. The number of esters is 1. The van der Waals surface area contributed by atoms with Crippen LogP contribution in [0.15, 0.2) is 48.8 Å². The molecule has 6 heteroatoms. The first kappa shape index (κ1) is 25.1. The molecule has 1 heterocycles. The smallest absolute Gasteiger partial charge is 0.356 e. The molecule has 0 saturated carbocycles. The van der Waals surface area contributed by atoms with E-state index in [0.29, 0.717) is 24.4 Å². The third kappa shape index (κ3) is 5.33. The van der Waals surface area contributed by atoms with Crippen LogP contribution in [0.4, 0.5) is 0 Å². The molecule has 0 unspecified atom stereocenters. The fourth-order valence-corrected chi connectivity index (χ4v) is 4.15. The van der Waals surface area contributed by atoms with Crippen LogP contribution < -0.4 is 0 Å². The molecule has 1 aromatic heterocycles. The molecule has 0 amide bonds. The Bertz CT molecular complexity index is 1210. The van der Waals surface area contributed by atoms with Gasteiger partial charge in [0, 0.05) is 19.0 Å². The van der Waals surface area contributed by atoms with Crippen molar-refractivity contribution in [2.24, 2.45) is 0 Å². The molecule has 3 aromatic rings. The normalized spacial score (nSPS) is 11.0. The van der Waals surface area contributed by atoms with Crippen molar-refractivity contribution in [2.45, 2.75) is 59.9 Å². The maximum atomic E-state index is 12.7. The van der Waals surface area contributed by atoms with Crippen molar-refractivity contribution in [3.8, 4) is 11.1 Å². The van der Waals surface area contributed by atoms with E-state index in [0.717, 1.165) is 40.8 Å². The van der Waals surface area contributed by atoms with Crippen LogP contribution in [0, 0.1) is 0 Å². The highest BCUT2D eigenvalue weighted by Crippen LogP contribution is 2.30. The van der Waals surface area contributed by atoms with Crippen LogP contribution in [-0.2, 0) is 22.5 Å². The van der Waals surface area contributed by atoms with Gasteiger partial charge in [-0.2, -0.15) is 0 Å². The van der Waals surface area contributed by atoms with Crippen molar-refractivity contribution in [2.75, 3.05) is 6.61 Å². The summed E-state index contributed by atoms with van der Waals surface area (Å²) < 4.78 is 7.13. The molecule has 0 fully saturated rings. The van der Waals surface area contributed by atoms with E-state index in [9.17, 15) is 14.4 Å². The van der Waals surface area contributed by atoms with Crippen LogP contribution in [0.5, 0.6) is 0 Å². The molecule has 178 valence electrons. The highest BCUT2D eigenvalue weighted by atomic mass is 16.5. The predicted octanol–water partition coefficient (Wildman–Crippen LogP) is 5.62. The minimum Gasteiger partial charge on any atom is -0.461 e. The van der Waals surface area contributed by atoms with Crippen LogP contribution >= 0.6 is 0 Å². The summed E-state index contributed by atoms with van der Waals surface area (Å²) in [5.74, 6) is -1.24. The summed E-state index contributed by atoms with van der Waals surface area (Å²) in [5.41, 5.74) is 5.42. The van der Waals surface area contributed by atoms with E-state index in [4.69, 9.17) is 4.74 Å². The molecule has 0 saturated heterocycles. The lowest BCUT2D eigenvalue weighted by atomic mass is 9.90. The van der Waals surface area contributed by atoms with Crippen molar-refractivity contribution >= 4 is 17.5 Å². The molecule has 0 aliphatic carbocycles. The summed E-state index contributed by atoms with van der Waals surface area (Å²) in [5, 5.41) is 0. The second-order valence-corrected chi connectivity index (χ2v) is 8.65. The number of carbonyl (C=O) groups is 3. The Kier molecular flexibility index (Phi) is 8.16. The molecule has 34 heavy (non-hydrogen) atoms. The number of nitrogens with zero attached hydrogens (tertiary/aromatic N) is 2. The van der Waals surface area contributed by atoms with Crippen LogP contribution in [-0.4, -0.2) is 33.7 Å². The second kappa shape index (κ2) is 11.1. The van der Waals surface area contributed by atoms with Crippen molar-refractivity contribution in [3.05, 3.63) is 76.9 Å². The Morgan fingerprint density at radius 2 is 1.76 bits per heavy atom. The van der Waals surface area contributed by atoms with Crippen LogP contribution in [0.3, 0.4) is 0 Å². The average molecular weight is 461 g/mol. The monoisotopic (exact) mass is 460 g/mol. The Labute approximate surface area is 201 Å². The van der Waals surface area contributed by atoms with Gasteiger partial charge in [-0.25, -0.2) is 9.78 Å². The van der Waals surface area contributed by atoms with Crippen LogP contribution in [0.2, 0.25) is 0 Å². The number of imidazole rings is 1. The number of hydrogen-bond donors (Lipinski definition) is 0. The Balaban J connectivity index is 2.04. The number of hydrogen-bond acceptors (Lipinski definition) is 5. The molecule has 0 aliphatic rings. The minimum absolute atomic E-state index is 0.0917. The van der Waals surface area contributed by atoms with Crippen molar-refractivity contribution in [1.82, 2.24) is 9.55 Å². The quantitative estimate of drug-likeness (QED) is 0.223. The Morgan fingerprint density at radius 1 is 1.03 bits per heavy atom. The van der Waals surface area contributed by atoms with Gasteiger partial charge in [0.15, 0.2) is 11.5 Å². The van der Waals surface area contributed by atoms with Gasteiger partial charge in [-0.3, -0.25) is 9.59 Å². The van der Waals surface area contributed by atoms with Gasteiger partial charge in [0.25, 0.3) is 0 Å². The zero-order valence-electron chi connectivity index (χ0n) is 20.6. The van der Waals surface area contributed by atoms with Gasteiger partial charge < -0.3 is 9.30 Å². The first-order valence-corrected chi connectivity index (χ1v) is 11.8. The number of Topliss-reactive ketones (excluding diaryl/α,β-unsaturated/α-hetero) is 2. The SMILES string of the molecule is CCCc1cc(Cn2cnc(C(C)C)c2C(=O)OCC)ccc1-c1ccccc1C(=O)C(C)=O. The largest absolute Gasteiger partial charge is 0.461 e. The first-order chi connectivity index (χ1) is 16.3. The number of ketones is 2. The zero-order valence-corrected chi connectivity index (χ0v) is 20.6. The summed E-state index contributed by atoms with van der Waals surface area (Å²) in [6, 6.07) is 13.3. The third-order valence-electron chi connectivity index (χ3n) is 5.71. The van der Waals surface area contributed by atoms with E-state index in [1.165, 1.54) is 6.92 Å². The van der Waals surface area contributed by atoms with Crippen molar-refractivity contribution < 1.29 is 19.1 Å². The van der Waals surface area contributed by atoms with E-state index >= 15 is 0 Å². The van der Waals surface area contributed by atoms with Gasteiger partial charge in [0.1, 0.15) is 0 Å². The van der Waals surface area contributed by atoms with Crippen LogP contribution in [0.25, 0.3) is 11.1 Å². The molecule has 3 rings (SSSR count). The number of aryl methyl sites for hydroxylation is 1. The maximum Gasteiger partial charge on any atom is 0.356 e. The standard InChI is InChI=1S/C28H32N2O4/c1-6-10-21-15-20(16-30-17-29-25(18(3)4)26(30)28(33)34-7-2)13-14-22(21)23-11-8-9-12-24(23)27(32)19(5)31/h8-9,11-15,17-18H,6-7,10,16H2,1-5H3. The molecule has 0 aliphatic heterocycles. The summed E-state index contributed by atoms with van der Waals surface area (Å²) in [7, 11) is 0. The van der Waals surface area contributed by atoms with Gasteiger partial charge in [-0.05, 0) is 41.5 Å². The molecular formula is C28H32N2O4. The average Bonchev–Trinajstić information content (AvgIpc) is 3.23. The molecule has 2 aromatic carbocycles. The fraction of sp³-hybridized carbons (Fsp3) is 0.357. The summed E-state index contributed by atoms with van der Waals surface area (Å²) in [4.78, 5) is 41.5. The van der Waals surface area contributed by atoms with E-state index in [1.807, 2.05) is 42.7 Å². The van der Waals surface area contributed by atoms with E-state index in [2.05, 4.69) is 18.0 Å². The lowest BCUT2D eigenvalue weighted by Crippen LogP contribution is -2.15. The van der Waals surface area contributed by atoms with Gasteiger partial charge in [0.05, 0.1) is 18.6 Å². The highest BCUT2D eigenvalue weighted by molar-refractivity contribution is 6.44. The maximum absolute atomic E-state index is 12.7. The summed E-state index contributed by atoms with van der Waals surface area (Å²) in [6.45, 7) is 9.97. The molecular weight excluding hydrogens is 428 g/mol. The third-order valence-corrected chi connectivity index (χ3v) is 5.71. The van der Waals surface area contributed by atoms with E-state index in [1.54, 1.807) is 25.4 Å². The number of carbonyl (C=O) groups excluding carboxylic acids is 3. The van der Waals surface area contributed by atoms with Gasteiger partial charge in [0.2, 0.25) is 5.78 Å². The molecule has 6 nitrogen and oxygen atoms in total. The minimum atomic E-state index is -0.485. The molecule has 0 atom stereocenters. The zero-order chi connectivity index (χ0) is 24.8. The second-order valence-electron chi connectivity index (χ2n) is 8.65. The number of ether oxygens (including phenoxy) is 1. The lowest BCUT2D eigenvalue weighted by Gasteiger charge is -2.16. The highest BCUT2D eigenvalue weighted by Gasteiger charge is 2.23. The van der Waals surface area contributed by atoms with Crippen molar-refractivity contribution in [3.63, 3.8) is 0 Å². The molecule has 0 radical (unpaired) electrons. The number of benzene rings is 2. The van der Waals surface area contributed by atoms with Crippen molar-refractivity contribution in [1.29, 1.82) is 0 Å². The molecule has 0 N–H and O–H groups in total. The topological polar surface area (TPSA) is 78.3 Å². The Morgan fingerprint density at radius 3 is 2.41 bits per heavy atom. The van der Waals surface area contributed by atoms with Gasteiger partial charge in [-0.15, -0.1) is 0 Å². The number of aromatic nitrogens is 2. The summed E-state index contributed by atoms with van der Waals surface area (Å²) in [6.07, 6.45) is 3.43. The fourth-order valence-electron chi connectivity index (χ4n) is 4.15. The van der Waals surface area contributed by atoms with E-state index in [-0.39, 0.29) is 11.9 Å².